The van der Waals surface area contributed by atoms with Crippen LogP contribution in [0.3, 0.4) is 0 Å². The molecule has 8 heteroatoms. The van der Waals surface area contributed by atoms with Gasteiger partial charge in [-0.15, -0.1) is 0 Å². The van der Waals surface area contributed by atoms with Gasteiger partial charge in [0.05, 0.1) is 23.9 Å². The second-order valence-corrected chi connectivity index (χ2v) is 8.19. The summed E-state index contributed by atoms with van der Waals surface area (Å²) in [5.41, 5.74) is 1.46. The number of rotatable bonds is 7. The van der Waals surface area contributed by atoms with Gasteiger partial charge in [-0.2, -0.15) is 0 Å². The Kier molecular flexibility index (Phi) is 8.45. The van der Waals surface area contributed by atoms with Gasteiger partial charge in [0, 0.05) is 42.8 Å². The fraction of sp³-hybridized carbons (Fsp3) is 0.381. The maximum atomic E-state index is 13.0. The van der Waals surface area contributed by atoms with Crippen molar-refractivity contribution < 1.29 is 9.53 Å². The van der Waals surface area contributed by atoms with E-state index < -0.39 is 0 Å². The molecule has 1 N–H and O–H groups in total. The van der Waals surface area contributed by atoms with Crippen LogP contribution in [-0.2, 0) is 11.3 Å². The average Bonchev–Trinajstić information content (AvgIpc) is 2.71. The maximum Gasteiger partial charge on any atom is 0.322 e. The molecule has 0 radical (unpaired) electrons. The number of hydrogen-bond donors (Lipinski definition) is 1. The molecule has 1 aliphatic rings. The lowest BCUT2D eigenvalue weighted by molar-refractivity contribution is 0.0365. The SMILES string of the molecule is O=C(Nc1cc(Cl)ccc1Cl)N(CCCN1CCOCC1)Cc1cccc(Cl)c1. The molecule has 3 rings (SSSR count). The van der Waals surface area contributed by atoms with Crippen molar-refractivity contribution in [3.63, 3.8) is 0 Å². The first-order valence-corrected chi connectivity index (χ1v) is 10.7. The smallest absolute Gasteiger partial charge is 0.322 e. The minimum Gasteiger partial charge on any atom is -0.379 e. The van der Waals surface area contributed by atoms with Crippen molar-refractivity contribution >= 4 is 46.5 Å². The van der Waals surface area contributed by atoms with Gasteiger partial charge in [-0.05, 0) is 42.3 Å². The minimum absolute atomic E-state index is 0.226. The fourth-order valence-corrected chi connectivity index (χ4v) is 3.76. The van der Waals surface area contributed by atoms with E-state index in [1.807, 2.05) is 24.3 Å². The summed E-state index contributed by atoms with van der Waals surface area (Å²) in [4.78, 5) is 17.1. The number of nitrogens with one attached hydrogen (secondary N) is 1. The molecule has 5 nitrogen and oxygen atoms in total. The number of benzene rings is 2. The first-order chi connectivity index (χ1) is 14.0. The molecule has 1 saturated heterocycles. The van der Waals surface area contributed by atoms with Crippen LogP contribution in [0.25, 0.3) is 0 Å². The summed E-state index contributed by atoms with van der Waals surface area (Å²) in [7, 11) is 0. The summed E-state index contributed by atoms with van der Waals surface area (Å²) >= 11 is 18.4. The van der Waals surface area contributed by atoms with E-state index in [4.69, 9.17) is 39.5 Å². The predicted octanol–water partition coefficient (Wildman–Crippen LogP) is 5.40. The summed E-state index contributed by atoms with van der Waals surface area (Å²) in [6.07, 6.45) is 0.858. The Labute approximate surface area is 186 Å². The number of hydrogen-bond acceptors (Lipinski definition) is 3. The standard InChI is InChI=1S/C21H24Cl3N3O2/c22-17-4-1-3-16(13-17)15-27(8-2-7-26-9-11-29-12-10-26)21(28)25-20-14-18(23)5-6-19(20)24/h1,3-6,13-14H,2,7-12,15H2,(H,25,28). The number of urea groups is 1. The lowest BCUT2D eigenvalue weighted by atomic mass is 10.2. The number of halogens is 3. The number of ether oxygens (including phenoxy) is 1. The summed E-state index contributed by atoms with van der Waals surface area (Å²) < 4.78 is 5.39. The van der Waals surface area contributed by atoms with Crippen molar-refractivity contribution in [1.29, 1.82) is 0 Å². The van der Waals surface area contributed by atoms with Gasteiger partial charge in [0.15, 0.2) is 0 Å². The van der Waals surface area contributed by atoms with Gasteiger partial charge < -0.3 is 15.0 Å². The van der Waals surface area contributed by atoms with Crippen LogP contribution >= 0.6 is 34.8 Å². The monoisotopic (exact) mass is 455 g/mol. The van der Waals surface area contributed by atoms with Gasteiger partial charge in [0.25, 0.3) is 0 Å². The van der Waals surface area contributed by atoms with E-state index in [0.29, 0.717) is 33.8 Å². The highest BCUT2D eigenvalue weighted by Gasteiger charge is 2.17. The van der Waals surface area contributed by atoms with Crippen molar-refractivity contribution in [1.82, 2.24) is 9.80 Å². The van der Waals surface area contributed by atoms with Crippen LogP contribution in [0.4, 0.5) is 10.5 Å². The highest BCUT2D eigenvalue weighted by atomic mass is 35.5. The first kappa shape index (κ1) is 22.2. The Morgan fingerprint density at radius 3 is 2.59 bits per heavy atom. The molecule has 1 aliphatic heterocycles. The lowest BCUT2D eigenvalue weighted by Gasteiger charge is -2.28. The lowest BCUT2D eigenvalue weighted by Crippen LogP contribution is -2.40. The van der Waals surface area contributed by atoms with Crippen LogP contribution in [0.1, 0.15) is 12.0 Å². The van der Waals surface area contributed by atoms with Crippen molar-refractivity contribution in [2.45, 2.75) is 13.0 Å². The molecule has 0 spiro atoms. The third-order valence-corrected chi connectivity index (χ3v) is 5.53. The van der Waals surface area contributed by atoms with Gasteiger partial charge in [0.1, 0.15) is 0 Å². The molecule has 2 aromatic carbocycles. The summed E-state index contributed by atoms with van der Waals surface area (Å²) in [5.74, 6) is 0. The van der Waals surface area contributed by atoms with E-state index >= 15 is 0 Å². The second kappa shape index (κ2) is 11.0. The van der Waals surface area contributed by atoms with E-state index in [2.05, 4.69) is 10.2 Å². The molecule has 2 aromatic rings. The molecule has 0 bridgehead atoms. The summed E-state index contributed by atoms with van der Waals surface area (Å²) in [5, 5.41) is 4.48. The Balaban J connectivity index is 1.66. The van der Waals surface area contributed by atoms with E-state index in [9.17, 15) is 4.79 Å². The molecule has 0 atom stereocenters. The molecule has 2 amide bonds. The maximum absolute atomic E-state index is 13.0. The Morgan fingerprint density at radius 1 is 1.07 bits per heavy atom. The molecule has 0 aromatic heterocycles. The first-order valence-electron chi connectivity index (χ1n) is 9.57. The average molecular weight is 457 g/mol. The molecule has 0 aliphatic carbocycles. The number of carbonyl (C=O) groups is 1. The van der Waals surface area contributed by atoms with Gasteiger partial charge in [0.2, 0.25) is 0 Å². The Hall–Kier alpha value is -1.50. The summed E-state index contributed by atoms with van der Waals surface area (Å²) in [6.45, 7) is 5.36. The van der Waals surface area contributed by atoms with E-state index in [-0.39, 0.29) is 6.03 Å². The molecule has 0 unspecified atom stereocenters. The Morgan fingerprint density at radius 2 is 1.83 bits per heavy atom. The van der Waals surface area contributed by atoms with Crippen molar-refractivity contribution in [3.8, 4) is 0 Å². The third-order valence-electron chi connectivity index (χ3n) is 4.73. The zero-order valence-corrected chi connectivity index (χ0v) is 18.3. The van der Waals surface area contributed by atoms with Crippen LogP contribution in [-0.4, -0.2) is 55.2 Å². The zero-order valence-electron chi connectivity index (χ0n) is 16.0. The molecule has 156 valence electrons. The largest absolute Gasteiger partial charge is 0.379 e. The second-order valence-electron chi connectivity index (χ2n) is 6.91. The third kappa shape index (κ3) is 7.05. The number of nitrogens with zero attached hydrogens (tertiary/aromatic N) is 2. The van der Waals surface area contributed by atoms with Gasteiger partial charge in [-0.25, -0.2) is 4.79 Å². The van der Waals surface area contributed by atoms with E-state index in [1.165, 1.54) is 0 Å². The number of morpholine rings is 1. The predicted molar refractivity (Wildman–Crippen MR) is 119 cm³/mol. The quantitative estimate of drug-likeness (QED) is 0.606. The van der Waals surface area contributed by atoms with Crippen LogP contribution in [0.15, 0.2) is 42.5 Å². The summed E-state index contributed by atoms with van der Waals surface area (Å²) in [6, 6.07) is 12.3. The highest BCUT2D eigenvalue weighted by Crippen LogP contribution is 2.26. The minimum atomic E-state index is -0.226. The molecule has 0 saturated carbocycles. The van der Waals surface area contributed by atoms with Crippen molar-refractivity contribution in [2.24, 2.45) is 0 Å². The van der Waals surface area contributed by atoms with Gasteiger partial charge >= 0.3 is 6.03 Å². The molecular formula is C21H24Cl3N3O2. The van der Waals surface area contributed by atoms with Gasteiger partial charge in [-0.1, -0.05) is 46.9 Å². The van der Waals surface area contributed by atoms with Crippen molar-refractivity contribution in [2.75, 3.05) is 44.7 Å². The molecule has 29 heavy (non-hydrogen) atoms. The zero-order chi connectivity index (χ0) is 20.6. The molecule has 1 heterocycles. The molecule has 1 fully saturated rings. The normalized spacial score (nSPS) is 14.6. The van der Waals surface area contributed by atoms with Gasteiger partial charge in [-0.3, -0.25) is 4.90 Å². The van der Waals surface area contributed by atoms with E-state index in [0.717, 1.165) is 44.8 Å². The fourth-order valence-electron chi connectivity index (χ4n) is 3.21. The van der Waals surface area contributed by atoms with Crippen LogP contribution in [0, 0.1) is 0 Å². The van der Waals surface area contributed by atoms with Crippen LogP contribution < -0.4 is 5.32 Å². The number of carbonyl (C=O) groups excluding carboxylic acids is 1. The highest BCUT2D eigenvalue weighted by molar-refractivity contribution is 6.35. The van der Waals surface area contributed by atoms with Crippen LogP contribution in [0.2, 0.25) is 15.1 Å². The van der Waals surface area contributed by atoms with E-state index in [1.54, 1.807) is 23.1 Å². The number of anilines is 1. The number of amides is 2. The van der Waals surface area contributed by atoms with Crippen LogP contribution in [0.5, 0.6) is 0 Å². The Bertz CT molecular complexity index is 829. The topological polar surface area (TPSA) is 44.8 Å². The molecular weight excluding hydrogens is 433 g/mol. The van der Waals surface area contributed by atoms with Crippen molar-refractivity contribution in [3.05, 3.63) is 63.1 Å².